The minimum absolute atomic E-state index is 0.00751. The SMILES string of the molecule is CC1(C)C(=O)NCCN1c1c(N)cnc2ccc(Br)cc12. The second-order valence-electron chi connectivity index (χ2n) is 5.69. The molecule has 3 rings (SSSR count). The summed E-state index contributed by atoms with van der Waals surface area (Å²) in [7, 11) is 0. The van der Waals surface area contributed by atoms with Crippen LogP contribution in [-0.4, -0.2) is 29.5 Å². The molecule has 21 heavy (non-hydrogen) atoms. The number of hydrogen-bond donors (Lipinski definition) is 2. The molecule has 6 heteroatoms. The fraction of sp³-hybridized carbons (Fsp3) is 0.333. The minimum Gasteiger partial charge on any atom is -0.396 e. The van der Waals surface area contributed by atoms with Crippen LogP contribution >= 0.6 is 15.9 Å². The summed E-state index contributed by atoms with van der Waals surface area (Å²) in [4.78, 5) is 18.6. The molecule has 110 valence electrons. The number of halogens is 1. The maximum atomic E-state index is 12.2. The van der Waals surface area contributed by atoms with Gasteiger partial charge >= 0.3 is 0 Å². The fourth-order valence-corrected chi connectivity index (χ4v) is 3.12. The summed E-state index contributed by atoms with van der Waals surface area (Å²) in [5.74, 6) is 0.00751. The number of nitrogens with one attached hydrogen (secondary N) is 1. The summed E-state index contributed by atoms with van der Waals surface area (Å²) in [5.41, 5.74) is 7.86. The van der Waals surface area contributed by atoms with E-state index >= 15 is 0 Å². The average molecular weight is 349 g/mol. The Morgan fingerprint density at radius 2 is 2.19 bits per heavy atom. The molecule has 1 aliphatic rings. The van der Waals surface area contributed by atoms with Crippen LogP contribution in [0.15, 0.2) is 28.9 Å². The molecule has 2 aromatic rings. The van der Waals surface area contributed by atoms with Crippen LogP contribution in [0.5, 0.6) is 0 Å². The number of carbonyl (C=O) groups excluding carboxylic acids is 1. The second kappa shape index (κ2) is 4.87. The van der Waals surface area contributed by atoms with E-state index in [1.165, 1.54) is 0 Å². The van der Waals surface area contributed by atoms with Crippen LogP contribution in [0.4, 0.5) is 11.4 Å². The maximum Gasteiger partial charge on any atom is 0.245 e. The zero-order chi connectivity index (χ0) is 15.2. The van der Waals surface area contributed by atoms with Gasteiger partial charge in [0.15, 0.2) is 0 Å². The highest BCUT2D eigenvalue weighted by Gasteiger charge is 2.39. The Morgan fingerprint density at radius 3 is 2.95 bits per heavy atom. The van der Waals surface area contributed by atoms with Gasteiger partial charge in [0.25, 0.3) is 0 Å². The first kappa shape index (κ1) is 14.1. The number of nitrogens with two attached hydrogens (primary N) is 1. The predicted octanol–water partition coefficient (Wildman–Crippen LogP) is 2.29. The molecule has 1 fully saturated rings. The van der Waals surface area contributed by atoms with Gasteiger partial charge in [0, 0.05) is 22.9 Å². The normalized spacial score (nSPS) is 17.9. The third-order valence-electron chi connectivity index (χ3n) is 3.95. The van der Waals surface area contributed by atoms with Crippen molar-refractivity contribution in [3.8, 4) is 0 Å². The summed E-state index contributed by atoms with van der Waals surface area (Å²) >= 11 is 3.49. The number of piperazine rings is 1. The first-order chi connectivity index (χ1) is 9.91. The van der Waals surface area contributed by atoms with E-state index in [-0.39, 0.29) is 5.91 Å². The lowest BCUT2D eigenvalue weighted by Crippen LogP contribution is -2.62. The molecule has 1 saturated heterocycles. The van der Waals surface area contributed by atoms with Crippen molar-refractivity contribution in [3.63, 3.8) is 0 Å². The van der Waals surface area contributed by atoms with Crippen LogP contribution in [0.2, 0.25) is 0 Å². The van der Waals surface area contributed by atoms with Crippen molar-refractivity contribution in [3.05, 3.63) is 28.9 Å². The summed E-state index contributed by atoms with van der Waals surface area (Å²) in [6.45, 7) is 5.14. The van der Waals surface area contributed by atoms with Crippen LogP contribution < -0.4 is 16.0 Å². The van der Waals surface area contributed by atoms with Crippen molar-refractivity contribution in [1.29, 1.82) is 0 Å². The Hall–Kier alpha value is -1.82. The molecule has 0 atom stereocenters. The van der Waals surface area contributed by atoms with E-state index in [0.717, 1.165) is 21.1 Å². The van der Waals surface area contributed by atoms with Crippen molar-refractivity contribution >= 4 is 44.1 Å². The molecule has 0 saturated carbocycles. The van der Waals surface area contributed by atoms with Gasteiger partial charge in [-0.2, -0.15) is 0 Å². The lowest BCUT2D eigenvalue weighted by Gasteiger charge is -2.43. The number of nitrogens with zero attached hydrogens (tertiary/aromatic N) is 2. The lowest BCUT2D eigenvalue weighted by molar-refractivity contribution is -0.126. The Bertz CT molecular complexity index is 724. The molecule has 0 spiro atoms. The molecule has 3 N–H and O–H groups in total. The second-order valence-corrected chi connectivity index (χ2v) is 6.61. The van der Waals surface area contributed by atoms with Crippen LogP contribution in [0, 0.1) is 0 Å². The number of fused-ring (bicyclic) bond motifs is 1. The minimum atomic E-state index is -0.650. The average Bonchev–Trinajstić information content (AvgIpc) is 2.43. The number of pyridine rings is 1. The van der Waals surface area contributed by atoms with Crippen LogP contribution in [-0.2, 0) is 4.79 Å². The van der Waals surface area contributed by atoms with Gasteiger partial charge < -0.3 is 16.0 Å². The highest BCUT2D eigenvalue weighted by molar-refractivity contribution is 9.10. The van der Waals surface area contributed by atoms with Crippen LogP contribution in [0.25, 0.3) is 10.9 Å². The topological polar surface area (TPSA) is 71.2 Å². The highest BCUT2D eigenvalue weighted by atomic mass is 79.9. The van der Waals surface area contributed by atoms with Crippen molar-refractivity contribution in [1.82, 2.24) is 10.3 Å². The van der Waals surface area contributed by atoms with Crippen molar-refractivity contribution in [2.24, 2.45) is 0 Å². The maximum absolute atomic E-state index is 12.2. The van der Waals surface area contributed by atoms with E-state index in [0.29, 0.717) is 18.8 Å². The van der Waals surface area contributed by atoms with E-state index in [1.807, 2.05) is 32.0 Å². The summed E-state index contributed by atoms with van der Waals surface area (Å²) in [5, 5.41) is 3.86. The lowest BCUT2D eigenvalue weighted by atomic mass is 9.96. The molecule has 1 aliphatic heterocycles. The molecule has 0 unspecified atom stereocenters. The summed E-state index contributed by atoms with van der Waals surface area (Å²) in [6.07, 6.45) is 1.66. The number of nitrogen functional groups attached to an aromatic ring is 1. The quantitative estimate of drug-likeness (QED) is 0.829. The Balaban J connectivity index is 2.26. The first-order valence-electron chi connectivity index (χ1n) is 6.81. The third kappa shape index (κ3) is 2.23. The van der Waals surface area contributed by atoms with Gasteiger partial charge in [-0.15, -0.1) is 0 Å². The van der Waals surface area contributed by atoms with Gasteiger partial charge in [-0.1, -0.05) is 15.9 Å². The number of amides is 1. The zero-order valence-corrected chi connectivity index (χ0v) is 13.6. The van der Waals surface area contributed by atoms with Crippen LogP contribution in [0.1, 0.15) is 13.8 Å². The smallest absolute Gasteiger partial charge is 0.245 e. The van der Waals surface area contributed by atoms with E-state index in [1.54, 1.807) is 6.20 Å². The first-order valence-corrected chi connectivity index (χ1v) is 7.60. The van der Waals surface area contributed by atoms with E-state index in [2.05, 4.69) is 31.1 Å². The molecule has 1 amide bonds. The number of rotatable bonds is 1. The van der Waals surface area contributed by atoms with Gasteiger partial charge in [0.1, 0.15) is 5.54 Å². The van der Waals surface area contributed by atoms with Gasteiger partial charge in [0.05, 0.1) is 23.1 Å². The zero-order valence-electron chi connectivity index (χ0n) is 12.0. The molecule has 1 aromatic heterocycles. The number of anilines is 2. The summed E-state index contributed by atoms with van der Waals surface area (Å²) in [6, 6.07) is 5.89. The standard InChI is InChI=1S/C15H17BrN4O/c1-15(2)14(21)18-5-6-20(15)13-10-7-9(16)3-4-12(10)19-8-11(13)17/h3-4,7-8H,5-6,17H2,1-2H3,(H,18,21). The largest absolute Gasteiger partial charge is 0.396 e. The molecule has 1 aromatic carbocycles. The van der Waals surface area contributed by atoms with E-state index in [9.17, 15) is 4.79 Å². The molecule has 2 heterocycles. The molecule has 0 aliphatic carbocycles. The molecule has 0 bridgehead atoms. The Labute approximate surface area is 131 Å². The highest BCUT2D eigenvalue weighted by Crippen LogP contribution is 2.37. The monoisotopic (exact) mass is 348 g/mol. The van der Waals surface area contributed by atoms with Crippen molar-refractivity contribution in [2.75, 3.05) is 23.7 Å². The molecule has 0 radical (unpaired) electrons. The van der Waals surface area contributed by atoms with E-state index < -0.39 is 5.54 Å². The molecular weight excluding hydrogens is 332 g/mol. The van der Waals surface area contributed by atoms with Crippen molar-refractivity contribution in [2.45, 2.75) is 19.4 Å². The molecule has 5 nitrogen and oxygen atoms in total. The number of hydrogen-bond acceptors (Lipinski definition) is 4. The van der Waals surface area contributed by atoms with Gasteiger partial charge in [-0.3, -0.25) is 9.78 Å². The predicted molar refractivity (Wildman–Crippen MR) is 88.3 cm³/mol. The third-order valence-corrected chi connectivity index (χ3v) is 4.44. The van der Waals surface area contributed by atoms with Crippen molar-refractivity contribution < 1.29 is 4.79 Å². The number of benzene rings is 1. The fourth-order valence-electron chi connectivity index (χ4n) is 2.76. The Kier molecular flexibility index (Phi) is 3.28. The van der Waals surface area contributed by atoms with Gasteiger partial charge in [-0.25, -0.2) is 0 Å². The number of aromatic nitrogens is 1. The molecular formula is C15H17BrN4O. The van der Waals surface area contributed by atoms with E-state index in [4.69, 9.17) is 5.73 Å². The van der Waals surface area contributed by atoms with Gasteiger partial charge in [0.2, 0.25) is 5.91 Å². The summed E-state index contributed by atoms with van der Waals surface area (Å²) < 4.78 is 0.961. The van der Waals surface area contributed by atoms with Gasteiger partial charge in [-0.05, 0) is 32.0 Å². The van der Waals surface area contributed by atoms with Crippen LogP contribution in [0.3, 0.4) is 0 Å². The number of carbonyl (C=O) groups is 1. The Morgan fingerprint density at radius 1 is 1.43 bits per heavy atom.